The second-order valence-electron chi connectivity index (χ2n) is 4.27. The summed E-state index contributed by atoms with van der Waals surface area (Å²) in [5.74, 6) is -0.411. The summed E-state index contributed by atoms with van der Waals surface area (Å²) >= 11 is 0. The lowest BCUT2D eigenvalue weighted by atomic mass is 10.2. The summed E-state index contributed by atoms with van der Waals surface area (Å²) in [5, 5.41) is 18.2. The number of aliphatic hydroxyl groups is 1. The monoisotopic (exact) mass is 276 g/mol. The SMILES string of the molecule is CCCN(CO)c1cc(-c2c[nH]c(C(=O)O)c2)ncn1. The lowest BCUT2D eigenvalue weighted by Crippen LogP contribution is -2.25. The quantitative estimate of drug-likeness (QED) is 0.688. The Morgan fingerprint density at radius 1 is 1.40 bits per heavy atom. The molecule has 2 aromatic rings. The molecule has 0 radical (unpaired) electrons. The Labute approximate surface area is 115 Å². The third kappa shape index (κ3) is 2.94. The van der Waals surface area contributed by atoms with Gasteiger partial charge >= 0.3 is 5.97 Å². The van der Waals surface area contributed by atoms with Gasteiger partial charge in [0.2, 0.25) is 0 Å². The summed E-state index contributed by atoms with van der Waals surface area (Å²) in [7, 11) is 0. The number of hydrogen-bond acceptors (Lipinski definition) is 5. The van der Waals surface area contributed by atoms with Crippen molar-refractivity contribution in [2.75, 3.05) is 18.2 Å². The molecule has 2 aromatic heterocycles. The highest BCUT2D eigenvalue weighted by molar-refractivity contribution is 5.87. The molecule has 0 fully saturated rings. The van der Waals surface area contributed by atoms with Crippen LogP contribution < -0.4 is 4.90 Å². The van der Waals surface area contributed by atoms with Crippen molar-refractivity contribution >= 4 is 11.8 Å². The highest BCUT2D eigenvalue weighted by atomic mass is 16.4. The van der Waals surface area contributed by atoms with Gasteiger partial charge in [-0.05, 0) is 12.5 Å². The average Bonchev–Trinajstić information content (AvgIpc) is 2.95. The predicted molar refractivity (Wildman–Crippen MR) is 73.5 cm³/mol. The Bertz CT molecular complexity index is 597. The smallest absolute Gasteiger partial charge is 0.352 e. The maximum absolute atomic E-state index is 10.8. The van der Waals surface area contributed by atoms with Crippen LogP contribution in [0.4, 0.5) is 5.82 Å². The molecule has 2 rings (SSSR count). The molecule has 0 atom stereocenters. The fourth-order valence-corrected chi connectivity index (χ4v) is 1.87. The fourth-order valence-electron chi connectivity index (χ4n) is 1.87. The third-order valence-corrected chi connectivity index (χ3v) is 2.85. The fraction of sp³-hybridized carbons (Fsp3) is 0.308. The van der Waals surface area contributed by atoms with Crippen molar-refractivity contribution in [3.05, 3.63) is 30.4 Å². The van der Waals surface area contributed by atoms with Crippen LogP contribution in [0.3, 0.4) is 0 Å². The number of aliphatic hydroxyl groups excluding tert-OH is 1. The standard InChI is InChI=1S/C13H16N4O3/c1-2-3-17(8-18)12-5-10(15-7-16-12)9-4-11(13(19)20)14-6-9/h4-7,14,18H,2-3,8H2,1H3,(H,19,20). The molecule has 2 heterocycles. The molecule has 0 aliphatic carbocycles. The number of nitrogens with one attached hydrogen (secondary N) is 1. The van der Waals surface area contributed by atoms with Gasteiger partial charge in [0.1, 0.15) is 24.6 Å². The van der Waals surface area contributed by atoms with E-state index < -0.39 is 5.97 Å². The zero-order valence-corrected chi connectivity index (χ0v) is 11.1. The molecule has 7 heteroatoms. The van der Waals surface area contributed by atoms with Crippen LogP contribution in [0.2, 0.25) is 0 Å². The topological polar surface area (TPSA) is 102 Å². The maximum atomic E-state index is 10.8. The summed E-state index contributed by atoms with van der Waals surface area (Å²) in [5.41, 5.74) is 1.38. The molecule has 106 valence electrons. The van der Waals surface area contributed by atoms with Gasteiger partial charge in [-0.2, -0.15) is 0 Å². The van der Waals surface area contributed by atoms with Gasteiger partial charge in [-0.15, -0.1) is 0 Å². The van der Waals surface area contributed by atoms with E-state index in [1.54, 1.807) is 17.2 Å². The van der Waals surface area contributed by atoms with Gasteiger partial charge in [0, 0.05) is 24.4 Å². The number of H-pyrrole nitrogens is 1. The summed E-state index contributed by atoms with van der Waals surface area (Å²) in [6, 6.07) is 3.23. The molecule has 0 aliphatic rings. The van der Waals surface area contributed by atoms with Crippen molar-refractivity contribution < 1.29 is 15.0 Å². The molecule has 0 bridgehead atoms. The molecule has 3 N–H and O–H groups in total. The molecule has 7 nitrogen and oxygen atoms in total. The van der Waals surface area contributed by atoms with Gasteiger partial charge in [0.15, 0.2) is 0 Å². The minimum Gasteiger partial charge on any atom is -0.477 e. The predicted octanol–water partition coefficient (Wildman–Crippen LogP) is 1.34. The Balaban J connectivity index is 2.30. The molecular formula is C13H16N4O3. The highest BCUT2D eigenvalue weighted by Gasteiger charge is 2.11. The molecule has 0 unspecified atom stereocenters. The van der Waals surface area contributed by atoms with Crippen LogP contribution in [0.5, 0.6) is 0 Å². The Morgan fingerprint density at radius 2 is 2.20 bits per heavy atom. The van der Waals surface area contributed by atoms with Gasteiger partial charge in [0.05, 0.1) is 5.69 Å². The first-order valence-electron chi connectivity index (χ1n) is 6.25. The number of anilines is 1. The molecule has 0 saturated heterocycles. The van der Waals surface area contributed by atoms with E-state index in [1.165, 1.54) is 12.4 Å². The Kier molecular flexibility index (Phi) is 4.31. The van der Waals surface area contributed by atoms with E-state index in [0.29, 0.717) is 23.6 Å². The van der Waals surface area contributed by atoms with Crippen LogP contribution in [-0.2, 0) is 0 Å². The van der Waals surface area contributed by atoms with E-state index >= 15 is 0 Å². The molecular weight excluding hydrogens is 260 g/mol. The highest BCUT2D eigenvalue weighted by Crippen LogP contribution is 2.21. The van der Waals surface area contributed by atoms with E-state index in [0.717, 1.165) is 6.42 Å². The second kappa shape index (κ2) is 6.16. The minimum absolute atomic E-state index is 0.104. The maximum Gasteiger partial charge on any atom is 0.352 e. The van der Waals surface area contributed by atoms with Crippen molar-refractivity contribution in [3.63, 3.8) is 0 Å². The number of nitrogens with zero attached hydrogens (tertiary/aromatic N) is 3. The summed E-state index contributed by atoms with van der Waals surface area (Å²) in [6.45, 7) is 2.56. The summed E-state index contributed by atoms with van der Waals surface area (Å²) < 4.78 is 0. The van der Waals surface area contributed by atoms with Crippen LogP contribution >= 0.6 is 0 Å². The van der Waals surface area contributed by atoms with Crippen molar-refractivity contribution in [1.29, 1.82) is 0 Å². The van der Waals surface area contributed by atoms with Gasteiger partial charge in [0.25, 0.3) is 0 Å². The number of aromatic nitrogens is 3. The summed E-state index contributed by atoms with van der Waals surface area (Å²) in [6.07, 6.45) is 3.86. The van der Waals surface area contributed by atoms with Crippen LogP contribution in [-0.4, -0.2) is 44.4 Å². The van der Waals surface area contributed by atoms with Crippen LogP contribution in [0.15, 0.2) is 24.7 Å². The van der Waals surface area contributed by atoms with Gasteiger partial charge in [-0.3, -0.25) is 0 Å². The zero-order valence-electron chi connectivity index (χ0n) is 11.1. The lowest BCUT2D eigenvalue weighted by Gasteiger charge is -2.20. The van der Waals surface area contributed by atoms with E-state index in [2.05, 4.69) is 15.0 Å². The van der Waals surface area contributed by atoms with E-state index in [1.807, 2.05) is 6.92 Å². The average molecular weight is 276 g/mol. The first-order valence-corrected chi connectivity index (χ1v) is 6.25. The number of carbonyl (C=O) groups is 1. The Morgan fingerprint density at radius 3 is 2.80 bits per heavy atom. The van der Waals surface area contributed by atoms with Crippen molar-refractivity contribution in [2.45, 2.75) is 13.3 Å². The number of carboxylic acid groups (broad SMARTS) is 1. The molecule has 0 aromatic carbocycles. The van der Waals surface area contributed by atoms with Gasteiger partial charge in [-0.25, -0.2) is 14.8 Å². The molecule has 0 amide bonds. The molecule has 0 spiro atoms. The summed E-state index contributed by atoms with van der Waals surface area (Å²) in [4.78, 5) is 23.5. The largest absolute Gasteiger partial charge is 0.477 e. The lowest BCUT2D eigenvalue weighted by molar-refractivity contribution is 0.0691. The first-order chi connectivity index (χ1) is 9.65. The van der Waals surface area contributed by atoms with E-state index in [-0.39, 0.29) is 12.4 Å². The number of rotatable bonds is 6. The van der Waals surface area contributed by atoms with Crippen molar-refractivity contribution in [1.82, 2.24) is 15.0 Å². The van der Waals surface area contributed by atoms with E-state index in [4.69, 9.17) is 5.11 Å². The first kappa shape index (κ1) is 14.0. The van der Waals surface area contributed by atoms with Crippen molar-refractivity contribution in [2.24, 2.45) is 0 Å². The molecule has 20 heavy (non-hydrogen) atoms. The minimum atomic E-state index is -1.02. The van der Waals surface area contributed by atoms with Crippen molar-refractivity contribution in [3.8, 4) is 11.3 Å². The zero-order chi connectivity index (χ0) is 14.5. The molecule has 0 aliphatic heterocycles. The molecule has 0 saturated carbocycles. The normalized spacial score (nSPS) is 10.5. The number of hydrogen-bond donors (Lipinski definition) is 3. The third-order valence-electron chi connectivity index (χ3n) is 2.85. The number of carboxylic acids is 1. The van der Waals surface area contributed by atoms with Gasteiger partial charge in [-0.1, -0.05) is 6.92 Å². The number of aromatic amines is 1. The van der Waals surface area contributed by atoms with Crippen LogP contribution in [0.25, 0.3) is 11.3 Å². The second-order valence-corrected chi connectivity index (χ2v) is 4.27. The van der Waals surface area contributed by atoms with Crippen LogP contribution in [0, 0.1) is 0 Å². The van der Waals surface area contributed by atoms with Crippen LogP contribution in [0.1, 0.15) is 23.8 Å². The van der Waals surface area contributed by atoms with E-state index in [9.17, 15) is 9.90 Å². The van der Waals surface area contributed by atoms with Gasteiger partial charge < -0.3 is 20.1 Å². The Hall–Kier alpha value is -2.41. The number of aromatic carboxylic acids is 1.